The summed E-state index contributed by atoms with van der Waals surface area (Å²) in [5.74, 6) is 1.91. The summed E-state index contributed by atoms with van der Waals surface area (Å²) in [5, 5.41) is 23.1. The molecule has 0 aliphatic carbocycles. The molecule has 8 nitrogen and oxygen atoms in total. The van der Waals surface area contributed by atoms with Crippen LogP contribution in [-0.4, -0.2) is 36.1 Å². The summed E-state index contributed by atoms with van der Waals surface area (Å²) in [7, 11) is 0. The van der Waals surface area contributed by atoms with E-state index in [2.05, 4.69) is 22.1 Å². The van der Waals surface area contributed by atoms with Crippen LogP contribution in [0.3, 0.4) is 0 Å². The molecular formula is C23H18N6O2S2. The van der Waals surface area contributed by atoms with E-state index in [4.69, 9.17) is 8.83 Å². The van der Waals surface area contributed by atoms with E-state index in [1.807, 2.05) is 50.9 Å². The topological polar surface area (TPSA) is 106 Å². The largest absolute Gasteiger partial charge is 0.423 e. The molecule has 5 heterocycles. The number of rotatable bonds is 6. The van der Waals surface area contributed by atoms with Crippen LogP contribution in [0.4, 0.5) is 11.8 Å². The zero-order chi connectivity index (χ0) is 22.6. The third-order valence-corrected chi connectivity index (χ3v) is 6.90. The number of aromatic nitrogens is 2. The van der Waals surface area contributed by atoms with Gasteiger partial charge >= 0.3 is 0 Å². The van der Waals surface area contributed by atoms with Crippen LogP contribution >= 0.6 is 22.7 Å². The molecule has 0 atom stereocenters. The van der Waals surface area contributed by atoms with Crippen LogP contribution < -0.4 is 9.80 Å². The van der Waals surface area contributed by atoms with E-state index in [1.54, 1.807) is 28.7 Å². The van der Waals surface area contributed by atoms with Crippen molar-refractivity contribution in [2.75, 3.05) is 36.0 Å². The molecule has 0 radical (unpaired) electrons. The number of nitriles is 2. The fraction of sp³-hybridized carbons (Fsp3) is 0.217. The second-order valence-corrected chi connectivity index (χ2v) is 9.28. The third kappa shape index (κ3) is 4.53. The lowest BCUT2D eigenvalue weighted by Crippen LogP contribution is -2.46. The van der Waals surface area contributed by atoms with Gasteiger partial charge in [-0.15, -0.1) is 22.7 Å². The highest BCUT2D eigenvalue weighted by Crippen LogP contribution is 2.28. The Labute approximate surface area is 198 Å². The molecule has 1 aliphatic rings. The van der Waals surface area contributed by atoms with Crippen LogP contribution in [0.5, 0.6) is 0 Å². The molecule has 0 bridgehead atoms. The average Bonchev–Trinajstić information content (AvgIpc) is 3.65. The van der Waals surface area contributed by atoms with Crippen molar-refractivity contribution in [1.82, 2.24) is 9.97 Å². The SMILES string of the molecule is N#Cc1nc(C=Cc2cccs2)oc1N1CCN(c2oc(Cc3cccs3)nc2C#N)CC1. The molecule has 0 N–H and O–H groups in total. The van der Waals surface area contributed by atoms with Crippen molar-refractivity contribution in [3.05, 3.63) is 67.9 Å². The first-order chi connectivity index (χ1) is 16.2. The van der Waals surface area contributed by atoms with E-state index < -0.39 is 0 Å². The summed E-state index contributed by atoms with van der Waals surface area (Å²) in [5.41, 5.74) is 0.568. The number of thiophene rings is 2. The fourth-order valence-electron chi connectivity index (χ4n) is 3.62. The van der Waals surface area contributed by atoms with Gasteiger partial charge in [-0.05, 0) is 29.0 Å². The highest BCUT2D eigenvalue weighted by Gasteiger charge is 2.27. The highest BCUT2D eigenvalue weighted by molar-refractivity contribution is 7.11. The molecule has 0 amide bonds. The average molecular weight is 475 g/mol. The van der Waals surface area contributed by atoms with Crippen LogP contribution in [0.25, 0.3) is 12.2 Å². The molecule has 4 aromatic rings. The highest BCUT2D eigenvalue weighted by atomic mass is 32.1. The van der Waals surface area contributed by atoms with Gasteiger partial charge < -0.3 is 18.6 Å². The van der Waals surface area contributed by atoms with Crippen molar-refractivity contribution in [3.63, 3.8) is 0 Å². The van der Waals surface area contributed by atoms with Crippen molar-refractivity contribution in [3.8, 4) is 12.1 Å². The summed E-state index contributed by atoms with van der Waals surface area (Å²) in [6.45, 7) is 2.41. The van der Waals surface area contributed by atoms with Crippen LogP contribution in [-0.2, 0) is 6.42 Å². The lowest BCUT2D eigenvalue weighted by atomic mass is 10.3. The summed E-state index contributed by atoms with van der Waals surface area (Å²) >= 11 is 3.25. The number of hydrogen-bond donors (Lipinski definition) is 0. The Morgan fingerprint density at radius 3 is 2.18 bits per heavy atom. The van der Waals surface area contributed by atoms with E-state index in [-0.39, 0.29) is 5.69 Å². The Bertz CT molecular complexity index is 1330. The van der Waals surface area contributed by atoms with Gasteiger partial charge in [-0.2, -0.15) is 15.5 Å². The van der Waals surface area contributed by atoms with Gasteiger partial charge in [0.2, 0.25) is 34.9 Å². The van der Waals surface area contributed by atoms with Gasteiger partial charge in [-0.25, -0.2) is 4.98 Å². The molecule has 10 heteroatoms. The summed E-state index contributed by atoms with van der Waals surface area (Å²) in [6, 6.07) is 12.3. The standard InChI is InChI=1S/C23H18N6O2S2/c24-14-18-22(30-20(26-18)6-5-16-3-1-11-32-16)28-7-9-29(10-8-28)23-19(15-25)27-21(31-23)13-17-4-2-12-33-17/h1-6,11-12H,7-10,13H2. The fourth-order valence-corrected chi connectivity index (χ4v) is 4.93. The maximum Gasteiger partial charge on any atom is 0.235 e. The van der Waals surface area contributed by atoms with Crippen LogP contribution in [0, 0.1) is 22.7 Å². The second kappa shape index (κ2) is 9.33. The van der Waals surface area contributed by atoms with Crippen LogP contribution in [0.2, 0.25) is 0 Å². The molecule has 1 fully saturated rings. The zero-order valence-corrected chi connectivity index (χ0v) is 19.1. The van der Waals surface area contributed by atoms with E-state index >= 15 is 0 Å². The molecule has 0 unspecified atom stereocenters. The first-order valence-corrected chi connectivity index (χ1v) is 12.0. The maximum atomic E-state index is 9.54. The van der Waals surface area contributed by atoms with E-state index in [0.717, 1.165) is 9.75 Å². The number of anilines is 2. The van der Waals surface area contributed by atoms with Crippen molar-refractivity contribution in [2.45, 2.75) is 6.42 Å². The van der Waals surface area contributed by atoms with Gasteiger partial charge in [0.25, 0.3) is 0 Å². The second-order valence-electron chi connectivity index (χ2n) is 7.27. The normalized spacial score (nSPS) is 14.0. The van der Waals surface area contributed by atoms with E-state index in [9.17, 15) is 10.5 Å². The summed E-state index contributed by atoms with van der Waals surface area (Å²) < 4.78 is 11.9. The Hall–Kier alpha value is -3.86. The van der Waals surface area contributed by atoms with Gasteiger partial charge in [-0.3, -0.25) is 0 Å². The quantitative estimate of drug-likeness (QED) is 0.399. The molecule has 4 aromatic heterocycles. The van der Waals surface area contributed by atoms with Gasteiger partial charge in [0.05, 0.1) is 6.42 Å². The number of hydrogen-bond acceptors (Lipinski definition) is 10. The van der Waals surface area contributed by atoms with E-state index in [0.29, 0.717) is 61.8 Å². The van der Waals surface area contributed by atoms with Gasteiger partial charge in [0.15, 0.2) is 0 Å². The predicted octanol–water partition coefficient (Wildman–Crippen LogP) is 4.62. The van der Waals surface area contributed by atoms with Crippen LogP contribution in [0.15, 0.2) is 43.9 Å². The summed E-state index contributed by atoms with van der Waals surface area (Å²) in [6.07, 6.45) is 4.26. The molecular weight excluding hydrogens is 456 g/mol. The zero-order valence-electron chi connectivity index (χ0n) is 17.5. The van der Waals surface area contributed by atoms with Crippen LogP contribution in [0.1, 0.15) is 32.9 Å². The first kappa shape index (κ1) is 21.0. The molecule has 0 spiro atoms. The van der Waals surface area contributed by atoms with Crippen molar-refractivity contribution >= 4 is 46.6 Å². The lowest BCUT2D eigenvalue weighted by Gasteiger charge is -2.34. The Kier molecular flexibility index (Phi) is 5.94. The molecule has 1 saturated heterocycles. The molecule has 0 aromatic carbocycles. The third-order valence-electron chi connectivity index (χ3n) is 5.18. The molecule has 0 saturated carbocycles. The Morgan fingerprint density at radius 1 is 0.879 bits per heavy atom. The summed E-state index contributed by atoms with van der Waals surface area (Å²) in [4.78, 5) is 14.9. The minimum Gasteiger partial charge on any atom is -0.423 e. The molecule has 164 valence electrons. The van der Waals surface area contributed by atoms with Crippen molar-refractivity contribution < 1.29 is 8.83 Å². The first-order valence-electron chi connectivity index (χ1n) is 10.3. The molecule has 33 heavy (non-hydrogen) atoms. The Morgan fingerprint density at radius 2 is 1.55 bits per heavy atom. The van der Waals surface area contributed by atoms with E-state index in [1.165, 1.54) is 0 Å². The number of nitrogens with zero attached hydrogens (tertiary/aromatic N) is 6. The monoisotopic (exact) mass is 474 g/mol. The van der Waals surface area contributed by atoms with Gasteiger partial charge in [0.1, 0.15) is 12.1 Å². The van der Waals surface area contributed by atoms with Gasteiger partial charge in [0, 0.05) is 42.0 Å². The maximum absolute atomic E-state index is 9.54. The number of piperazine rings is 1. The Balaban J connectivity index is 1.28. The predicted molar refractivity (Wildman–Crippen MR) is 127 cm³/mol. The van der Waals surface area contributed by atoms with Crippen molar-refractivity contribution in [1.29, 1.82) is 10.5 Å². The minimum atomic E-state index is 0.268. The smallest absolute Gasteiger partial charge is 0.235 e. The minimum absolute atomic E-state index is 0.268. The number of oxazole rings is 2. The molecule has 1 aliphatic heterocycles. The molecule has 5 rings (SSSR count). The van der Waals surface area contributed by atoms with Gasteiger partial charge in [-0.1, -0.05) is 12.1 Å². The lowest BCUT2D eigenvalue weighted by molar-refractivity contribution is 0.473. The van der Waals surface area contributed by atoms with Crippen molar-refractivity contribution in [2.24, 2.45) is 0 Å².